The monoisotopic (exact) mass is 1110 g/mol. The van der Waals surface area contributed by atoms with E-state index >= 15 is 0 Å². The van der Waals surface area contributed by atoms with Gasteiger partial charge in [-0.3, -0.25) is 0 Å². The zero-order chi connectivity index (χ0) is 59.9. The van der Waals surface area contributed by atoms with Gasteiger partial charge in [-0.15, -0.1) is 0 Å². The van der Waals surface area contributed by atoms with E-state index in [1.54, 1.807) is 0 Å². The Balaban J connectivity index is 1.07. The quantitative estimate of drug-likeness (QED) is 0.147. The normalized spacial score (nSPS) is 14.1. The second kappa shape index (κ2) is 19.9. The molecule has 0 bridgehead atoms. The van der Waals surface area contributed by atoms with Crippen LogP contribution >= 0.6 is 0 Å². The molecule has 10 aromatic carbocycles. The van der Waals surface area contributed by atoms with Gasteiger partial charge in [0.1, 0.15) is 0 Å². The van der Waals surface area contributed by atoms with Gasteiger partial charge in [-0.2, -0.15) is 0 Å². The molecule has 0 saturated carbocycles. The summed E-state index contributed by atoms with van der Waals surface area (Å²) in [5.74, 6) is 0. The van der Waals surface area contributed by atoms with E-state index in [4.69, 9.17) is 0 Å². The second-order valence-electron chi connectivity index (χ2n) is 29.3. The predicted molar refractivity (Wildman–Crippen MR) is 368 cm³/mol. The Morgan fingerprint density at radius 2 is 0.847 bits per heavy atom. The summed E-state index contributed by atoms with van der Waals surface area (Å²) >= 11 is 0. The van der Waals surface area contributed by atoms with Crippen molar-refractivity contribution in [3.05, 3.63) is 251 Å². The molecule has 0 saturated heterocycles. The number of aryl methyl sites for hydroxylation is 2. The molecule has 0 spiro atoms. The van der Waals surface area contributed by atoms with Crippen molar-refractivity contribution in [3.8, 4) is 33.4 Å². The minimum Gasteiger partial charge on any atom is -0.311 e. The number of rotatable bonds is 7. The van der Waals surface area contributed by atoms with Crippen LogP contribution in [-0.2, 0) is 27.1 Å². The number of hydrogen-bond acceptors (Lipinski definition) is 3. The first-order chi connectivity index (χ1) is 40.3. The number of hydrogen-bond donors (Lipinski definition) is 0. The van der Waals surface area contributed by atoms with Gasteiger partial charge in [-0.25, -0.2) is 0 Å². The lowest BCUT2D eigenvalue weighted by Crippen LogP contribution is -2.61. The SMILES string of the molecule is Cc1cc(C(C)(C)C)cc(C)c1N1c2ccc(C(C)(C)C)cc2B2c3ccc(N(c4ccc(-c5ccccc5)cc4)c4ccc(C(C)(C)C)cc4)cc3N(c3ccc(-c4ccc5c(c4)-c4ccccc4C5(C)C)cc3)c3cc(C(C)(C)C)cc1c32. The number of nitrogens with zero attached hydrogens (tertiary/aromatic N) is 3. The fraction of sp³-hybridized carbons (Fsp3) is 0.259. The zero-order valence-electron chi connectivity index (χ0n) is 53.0. The van der Waals surface area contributed by atoms with Gasteiger partial charge in [0.2, 0.25) is 0 Å². The van der Waals surface area contributed by atoms with Crippen LogP contribution in [0, 0.1) is 13.8 Å². The van der Waals surface area contributed by atoms with E-state index in [0.717, 1.165) is 22.7 Å². The van der Waals surface area contributed by atoms with E-state index in [0.29, 0.717) is 0 Å². The van der Waals surface area contributed by atoms with E-state index in [1.165, 1.54) is 123 Å². The van der Waals surface area contributed by atoms with Crippen molar-refractivity contribution in [2.24, 2.45) is 0 Å². The van der Waals surface area contributed by atoms with Crippen LogP contribution in [0.2, 0.25) is 0 Å². The first kappa shape index (κ1) is 55.8. The molecule has 13 rings (SSSR count). The van der Waals surface area contributed by atoms with Crippen molar-refractivity contribution in [1.82, 2.24) is 0 Å². The molecule has 0 radical (unpaired) electrons. The molecule has 424 valence electrons. The van der Waals surface area contributed by atoms with Crippen molar-refractivity contribution in [3.63, 3.8) is 0 Å². The molecular weight excluding hydrogens is 1030 g/mol. The molecule has 10 aromatic rings. The van der Waals surface area contributed by atoms with Gasteiger partial charge >= 0.3 is 0 Å². The van der Waals surface area contributed by atoms with Crippen LogP contribution in [0.3, 0.4) is 0 Å². The molecule has 0 unspecified atom stereocenters. The Morgan fingerprint density at radius 1 is 0.353 bits per heavy atom. The highest BCUT2D eigenvalue weighted by atomic mass is 15.2. The lowest BCUT2D eigenvalue weighted by molar-refractivity contribution is 0.589. The fourth-order valence-electron chi connectivity index (χ4n) is 14.0. The van der Waals surface area contributed by atoms with Crippen LogP contribution in [0.25, 0.3) is 33.4 Å². The van der Waals surface area contributed by atoms with Gasteiger partial charge in [0.25, 0.3) is 6.71 Å². The molecule has 2 aliphatic heterocycles. The molecule has 4 heteroatoms. The number of anilines is 9. The van der Waals surface area contributed by atoms with Crippen LogP contribution < -0.4 is 31.1 Å². The van der Waals surface area contributed by atoms with Gasteiger partial charge in [0.05, 0.1) is 5.69 Å². The predicted octanol–water partition coefficient (Wildman–Crippen LogP) is 20.7. The van der Waals surface area contributed by atoms with Crippen molar-refractivity contribution < 1.29 is 0 Å². The summed E-state index contributed by atoms with van der Waals surface area (Å²) in [6, 6.07) is 79.4. The van der Waals surface area contributed by atoms with Crippen molar-refractivity contribution in [2.75, 3.05) is 14.7 Å². The smallest absolute Gasteiger partial charge is 0.252 e. The van der Waals surface area contributed by atoms with E-state index in [-0.39, 0.29) is 33.8 Å². The lowest BCUT2D eigenvalue weighted by atomic mass is 9.33. The summed E-state index contributed by atoms with van der Waals surface area (Å²) < 4.78 is 0. The summed E-state index contributed by atoms with van der Waals surface area (Å²) in [4.78, 5) is 7.73. The molecule has 0 fully saturated rings. The molecule has 0 N–H and O–H groups in total. The van der Waals surface area contributed by atoms with E-state index in [9.17, 15) is 0 Å². The zero-order valence-corrected chi connectivity index (χ0v) is 53.0. The molecule has 0 aromatic heterocycles. The molecule has 3 aliphatic rings. The van der Waals surface area contributed by atoms with Crippen LogP contribution in [-0.4, -0.2) is 6.71 Å². The Hall–Kier alpha value is -8.34. The molecule has 85 heavy (non-hydrogen) atoms. The fourth-order valence-corrected chi connectivity index (χ4v) is 14.0. The second-order valence-corrected chi connectivity index (χ2v) is 29.3. The Labute approximate surface area is 508 Å². The highest BCUT2D eigenvalue weighted by Gasteiger charge is 2.46. The first-order valence-electron chi connectivity index (χ1n) is 30.9. The third kappa shape index (κ3) is 9.52. The minimum atomic E-state index is -0.177. The topological polar surface area (TPSA) is 9.72 Å². The van der Waals surface area contributed by atoms with Crippen molar-refractivity contribution in [2.45, 2.75) is 138 Å². The van der Waals surface area contributed by atoms with Gasteiger partial charge in [-0.05, 0) is 203 Å². The average Bonchev–Trinajstić information content (AvgIpc) is 1.24. The minimum absolute atomic E-state index is 0.00441. The molecule has 2 heterocycles. The van der Waals surface area contributed by atoms with Gasteiger partial charge in [0.15, 0.2) is 0 Å². The van der Waals surface area contributed by atoms with Crippen LogP contribution in [0.1, 0.15) is 141 Å². The molecular formula is C81H82BN3. The molecule has 0 atom stereocenters. The summed E-state index contributed by atoms with van der Waals surface area (Å²) in [7, 11) is 0. The third-order valence-electron chi connectivity index (χ3n) is 18.9. The summed E-state index contributed by atoms with van der Waals surface area (Å²) in [5.41, 5.74) is 32.4. The van der Waals surface area contributed by atoms with Crippen molar-refractivity contribution in [1.29, 1.82) is 0 Å². The average molecular weight is 1110 g/mol. The Bertz CT molecular complexity index is 4230. The van der Waals surface area contributed by atoms with Crippen LogP contribution in [0.15, 0.2) is 206 Å². The largest absolute Gasteiger partial charge is 0.311 e. The maximum atomic E-state index is 2.65. The lowest BCUT2D eigenvalue weighted by Gasteiger charge is -2.46. The van der Waals surface area contributed by atoms with Crippen LogP contribution in [0.5, 0.6) is 0 Å². The van der Waals surface area contributed by atoms with Gasteiger partial charge in [-0.1, -0.05) is 230 Å². The highest BCUT2D eigenvalue weighted by Crippen LogP contribution is 2.52. The first-order valence-corrected chi connectivity index (χ1v) is 30.9. The number of benzene rings is 10. The van der Waals surface area contributed by atoms with E-state index in [1.807, 2.05) is 0 Å². The Kier molecular flexibility index (Phi) is 13.1. The van der Waals surface area contributed by atoms with E-state index < -0.39 is 0 Å². The maximum Gasteiger partial charge on any atom is 0.252 e. The Morgan fingerprint density at radius 3 is 1.47 bits per heavy atom. The summed E-state index contributed by atoms with van der Waals surface area (Å²) in [6.07, 6.45) is 0. The van der Waals surface area contributed by atoms with Gasteiger partial charge < -0.3 is 14.7 Å². The summed E-state index contributed by atoms with van der Waals surface area (Å²) in [5, 5.41) is 0. The molecule has 3 nitrogen and oxygen atoms in total. The van der Waals surface area contributed by atoms with Crippen molar-refractivity contribution >= 4 is 74.3 Å². The highest BCUT2D eigenvalue weighted by molar-refractivity contribution is 7.00. The maximum absolute atomic E-state index is 2.65. The van der Waals surface area contributed by atoms with Crippen LogP contribution in [0.4, 0.5) is 51.2 Å². The summed E-state index contributed by atoms with van der Waals surface area (Å²) in [6.45, 7) is 37.4. The molecule has 0 amide bonds. The van der Waals surface area contributed by atoms with E-state index in [2.05, 4.69) is 332 Å². The number of fused-ring (bicyclic) bond motifs is 7. The standard InChI is InChI=1S/C81H82BN3/c1-51-44-59(79(9,10)11)45-52(2)76(51)85-71-43-33-58(78(6,7)8)47-70(71)82-69-42-40-64(83(62-38-31-57(32-39-62)77(3,4)5)61-34-26-54(27-35-61)53-22-18-17-19-23-53)50-72(69)84(73-48-60(80(12,13)14)49-74(85)75(73)82)63-36-28-55(29-37-63)56-30-41-68-66(46-56)65-24-20-21-25-67(65)81(68,15)16/h17-50H,1-16H3. The third-order valence-corrected chi connectivity index (χ3v) is 18.9. The van der Waals surface area contributed by atoms with Gasteiger partial charge in [0, 0.05) is 50.9 Å². The molecule has 1 aliphatic carbocycles.